The van der Waals surface area contributed by atoms with Gasteiger partial charge < -0.3 is 10.0 Å². The van der Waals surface area contributed by atoms with E-state index in [9.17, 15) is 14.4 Å². The molecule has 1 aromatic carbocycles. The Kier molecular flexibility index (Phi) is 4.84. The Bertz CT molecular complexity index is 469. The maximum absolute atomic E-state index is 13.6. The number of benzene rings is 1. The topological polar surface area (TPSA) is 43.7 Å². The fraction of sp³-hybridized carbons (Fsp3) is 0.600. The zero-order valence-electron chi connectivity index (χ0n) is 12.4. The van der Waals surface area contributed by atoms with E-state index in [1.54, 1.807) is 6.07 Å². The minimum Gasteiger partial charge on any atom is -0.423 e. The summed E-state index contributed by atoms with van der Waals surface area (Å²) in [6, 6.07) is 4.77. The lowest BCUT2D eigenvalue weighted by atomic mass is 9.79. The molecule has 0 saturated carbocycles. The number of nitrogens with zero attached hydrogens (tertiary/aromatic N) is 1. The monoisotopic (exact) mass is 279 g/mol. The van der Waals surface area contributed by atoms with Gasteiger partial charge in [-0.25, -0.2) is 4.39 Å². The number of likely N-dealkylation sites (tertiary alicyclic amines) is 1. The lowest BCUT2D eigenvalue weighted by molar-refractivity contribution is 0.0729. The molecule has 20 heavy (non-hydrogen) atoms. The summed E-state index contributed by atoms with van der Waals surface area (Å²) in [5.41, 5.74) is 1.01. The molecule has 0 bridgehead atoms. The van der Waals surface area contributed by atoms with Crippen LogP contribution >= 0.6 is 0 Å². The first-order valence-corrected chi connectivity index (χ1v) is 7.26. The molecule has 0 radical (unpaired) electrons. The molecule has 1 fully saturated rings. The van der Waals surface area contributed by atoms with Crippen molar-refractivity contribution in [2.24, 2.45) is 11.8 Å². The van der Waals surface area contributed by atoms with Crippen LogP contribution in [0.5, 0.6) is 0 Å². The zero-order valence-corrected chi connectivity index (χ0v) is 12.4. The molecule has 5 heteroatoms. The highest BCUT2D eigenvalue weighted by molar-refractivity contribution is 6.58. The molecule has 110 valence electrons. The molecule has 3 unspecified atom stereocenters. The van der Waals surface area contributed by atoms with E-state index >= 15 is 0 Å². The van der Waals surface area contributed by atoms with Crippen molar-refractivity contribution in [3.8, 4) is 0 Å². The third-order valence-electron chi connectivity index (χ3n) is 4.38. The number of hydrogen-bond donors (Lipinski definition) is 2. The van der Waals surface area contributed by atoms with E-state index in [1.807, 2.05) is 0 Å². The van der Waals surface area contributed by atoms with Crippen LogP contribution in [0.2, 0.25) is 0 Å². The van der Waals surface area contributed by atoms with Crippen LogP contribution in [0.25, 0.3) is 0 Å². The van der Waals surface area contributed by atoms with E-state index in [1.165, 1.54) is 18.6 Å². The van der Waals surface area contributed by atoms with Gasteiger partial charge in [0.2, 0.25) is 0 Å². The van der Waals surface area contributed by atoms with Crippen molar-refractivity contribution in [3.05, 3.63) is 29.6 Å². The van der Waals surface area contributed by atoms with Crippen LogP contribution in [0, 0.1) is 17.7 Å². The van der Waals surface area contributed by atoms with Crippen molar-refractivity contribution in [1.29, 1.82) is 0 Å². The molecule has 1 aromatic rings. The van der Waals surface area contributed by atoms with Crippen LogP contribution in [-0.2, 0) is 6.54 Å². The van der Waals surface area contributed by atoms with Gasteiger partial charge in [-0.05, 0) is 48.3 Å². The molecule has 1 aliphatic heterocycles. The van der Waals surface area contributed by atoms with Gasteiger partial charge in [0.1, 0.15) is 5.82 Å². The van der Waals surface area contributed by atoms with Crippen molar-refractivity contribution >= 4 is 12.6 Å². The van der Waals surface area contributed by atoms with Gasteiger partial charge in [-0.1, -0.05) is 19.9 Å². The molecule has 1 saturated heterocycles. The predicted octanol–water partition coefficient (Wildman–Crippen LogP) is 1.37. The first-order valence-electron chi connectivity index (χ1n) is 7.26. The van der Waals surface area contributed by atoms with Crippen molar-refractivity contribution in [1.82, 2.24) is 4.90 Å². The first-order chi connectivity index (χ1) is 9.36. The Labute approximate surface area is 120 Å². The Balaban J connectivity index is 2.16. The van der Waals surface area contributed by atoms with Gasteiger partial charge >= 0.3 is 7.12 Å². The molecule has 3 atom stereocenters. The molecule has 0 aliphatic carbocycles. The largest absolute Gasteiger partial charge is 0.488 e. The van der Waals surface area contributed by atoms with E-state index < -0.39 is 12.9 Å². The van der Waals surface area contributed by atoms with Crippen molar-refractivity contribution in [3.63, 3.8) is 0 Å². The average molecular weight is 279 g/mol. The molecule has 0 amide bonds. The molecule has 1 heterocycles. The molecule has 0 spiro atoms. The summed E-state index contributed by atoms with van der Waals surface area (Å²) in [5.74, 6) is 0.837. The molecule has 0 aromatic heterocycles. The fourth-order valence-corrected chi connectivity index (χ4v) is 3.19. The summed E-state index contributed by atoms with van der Waals surface area (Å²) in [7, 11) is -1.62. The minimum absolute atomic E-state index is 0.214. The van der Waals surface area contributed by atoms with Gasteiger partial charge in [-0.2, -0.15) is 0 Å². The quantitative estimate of drug-likeness (QED) is 0.821. The van der Waals surface area contributed by atoms with Gasteiger partial charge in [0, 0.05) is 19.1 Å². The first kappa shape index (κ1) is 15.5. The highest BCUT2D eigenvalue weighted by atomic mass is 19.1. The highest BCUT2D eigenvalue weighted by Gasteiger charge is 2.28. The van der Waals surface area contributed by atoms with Gasteiger partial charge in [-0.3, -0.25) is 4.90 Å². The third-order valence-corrected chi connectivity index (χ3v) is 4.38. The highest BCUT2D eigenvalue weighted by Crippen LogP contribution is 2.28. The summed E-state index contributed by atoms with van der Waals surface area (Å²) in [5, 5.41) is 18.4. The Morgan fingerprint density at radius 1 is 1.25 bits per heavy atom. The predicted molar refractivity (Wildman–Crippen MR) is 79.0 cm³/mol. The smallest absolute Gasteiger partial charge is 0.423 e. The van der Waals surface area contributed by atoms with Gasteiger partial charge in [0.15, 0.2) is 0 Å². The van der Waals surface area contributed by atoms with Crippen LogP contribution in [0.1, 0.15) is 32.8 Å². The van der Waals surface area contributed by atoms with Crippen LogP contribution in [0.4, 0.5) is 4.39 Å². The Morgan fingerprint density at radius 3 is 2.60 bits per heavy atom. The summed E-state index contributed by atoms with van der Waals surface area (Å²) in [6.45, 7) is 8.34. The SMILES string of the molecule is CC1CC(C)C(C)N(Cc2cc(F)cc(B(O)O)c2)C1. The van der Waals surface area contributed by atoms with Crippen LogP contribution in [0.3, 0.4) is 0 Å². The Morgan fingerprint density at radius 2 is 1.95 bits per heavy atom. The number of piperidine rings is 1. The van der Waals surface area contributed by atoms with Crippen molar-refractivity contribution < 1.29 is 14.4 Å². The fourth-order valence-electron chi connectivity index (χ4n) is 3.19. The second kappa shape index (κ2) is 6.25. The lowest BCUT2D eigenvalue weighted by Gasteiger charge is -2.41. The van der Waals surface area contributed by atoms with Crippen molar-refractivity contribution in [2.45, 2.75) is 39.8 Å². The Hall–Kier alpha value is -0.905. The second-order valence-electron chi connectivity index (χ2n) is 6.25. The van der Waals surface area contributed by atoms with Gasteiger partial charge in [-0.15, -0.1) is 0 Å². The minimum atomic E-state index is -1.62. The summed E-state index contributed by atoms with van der Waals surface area (Å²) < 4.78 is 13.6. The maximum Gasteiger partial charge on any atom is 0.488 e. The number of halogens is 1. The zero-order chi connectivity index (χ0) is 14.9. The molecule has 1 aliphatic rings. The van der Waals surface area contributed by atoms with Crippen molar-refractivity contribution in [2.75, 3.05) is 6.54 Å². The molecule has 3 nitrogen and oxygen atoms in total. The van der Waals surface area contributed by atoms with Crippen LogP contribution < -0.4 is 5.46 Å². The lowest BCUT2D eigenvalue weighted by Crippen LogP contribution is -2.45. The van der Waals surface area contributed by atoms with Crippen LogP contribution in [0.15, 0.2) is 18.2 Å². The molecular weight excluding hydrogens is 256 g/mol. The van der Waals surface area contributed by atoms with E-state index in [0.717, 1.165) is 12.1 Å². The van der Waals surface area contributed by atoms with Gasteiger partial charge in [0.05, 0.1) is 0 Å². The normalized spacial score (nSPS) is 27.6. The number of hydrogen-bond acceptors (Lipinski definition) is 3. The third kappa shape index (κ3) is 3.60. The van der Waals surface area contributed by atoms with Gasteiger partial charge in [0.25, 0.3) is 0 Å². The average Bonchev–Trinajstić information content (AvgIpc) is 2.34. The van der Waals surface area contributed by atoms with Crippen LogP contribution in [-0.4, -0.2) is 34.7 Å². The summed E-state index contributed by atoms with van der Waals surface area (Å²) in [4.78, 5) is 2.35. The standard InChI is InChI=1S/C15H23BFNO2/c1-10-4-11(2)12(3)18(8-10)9-13-5-14(16(19)20)7-15(17)6-13/h5-7,10-12,19-20H,4,8-9H2,1-3H3. The number of rotatable bonds is 3. The second-order valence-corrected chi connectivity index (χ2v) is 6.25. The van der Waals surface area contributed by atoms with E-state index in [0.29, 0.717) is 24.4 Å². The molecule has 2 N–H and O–H groups in total. The van der Waals surface area contributed by atoms with E-state index in [2.05, 4.69) is 25.7 Å². The van der Waals surface area contributed by atoms with E-state index in [-0.39, 0.29) is 5.46 Å². The molecule has 2 rings (SSSR count). The summed E-state index contributed by atoms with van der Waals surface area (Å²) >= 11 is 0. The van der Waals surface area contributed by atoms with E-state index in [4.69, 9.17) is 0 Å². The maximum atomic E-state index is 13.6. The molecular formula is C15H23BFNO2. The summed E-state index contributed by atoms with van der Waals surface area (Å²) in [6.07, 6.45) is 1.22.